The molecule has 0 saturated heterocycles. The van der Waals surface area contributed by atoms with Gasteiger partial charge < -0.3 is 16.0 Å². The molecule has 3 N–H and O–H groups in total. The van der Waals surface area contributed by atoms with Crippen LogP contribution in [0.5, 0.6) is 0 Å². The van der Waals surface area contributed by atoms with Crippen molar-refractivity contribution in [3.63, 3.8) is 0 Å². The number of hydrogen-bond acceptors (Lipinski definition) is 2. The Bertz CT molecular complexity index is 532. The Labute approximate surface area is 163 Å². The normalized spacial score (nSPS) is 16.6. The second-order valence-corrected chi connectivity index (χ2v) is 6.87. The minimum absolute atomic E-state index is 0. The Morgan fingerprint density at radius 2 is 1.83 bits per heavy atom. The van der Waals surface area contributed by atoms with Gasteiger partial charge in [-0.15, -0.1) is 24.0 Å². The van der Waals surface area contributed by atoms with Gasteiger partial charge in [0.25, 0.3) is 0 Å². The maximum atomic E-state index is 4.33. The van der Waals surface area contributed by atoms with E-state index in [1.54, 1.807) is 0 Å². The van der Waals surface area contributed by atoms with Crippen molar-refractivity contribution < 1.29 is 0 Å². The summed E-state index contributed by atoms with van der Waals surface area (Å²) in [5.74, 6) is 0.876. The van der Waals surface area contributed by atoms with Gasteiger partial charge in [-0.05, 0) is 39.2 Å². The van der Waals surface area contributed by atoms with E-state index < -0.39 is 0 Å². The van der Waals surface area contributed by atoms with Crippen molar-refractivity contribution in [3.05, 3.63) is 48.0 Å². The van der Waals surface area contributed by atoms with Crippen LogP contribution < -0.4 is 16.0 Å². The second kappa shape index (κ2) is 10.0. The van der Waals surface area contributed by atoms with Gasteiger partial charge in [-0.25, -0.2) is 0 Å². The molecule has 0 radical (unpaired) electrons. The number of nitrogens with one attached hydrogen (secondary N) is 3. The zero-order valence-corrected chi connectivity index (χ0v) is 17.5. The van der Waals surface area contributed by atoms with E-state index in [4.69, 9.17) is 0 Å². The standard InChI is InChI=1S/C19H30N4.HI/c1-15(16-10-6-5-7-11-16)23-19(2,3)14-21-18(20-4)22-17-12-8-9-13-17;/h5-11,15,17,23H,12-14H2,1-4H3,(H2,20,21,22);1H. The van der Waals surface area contributed by atoms with Crippen molar-refractivity contribution in [3.8, 4) is 0 Å². The molecular formula is C19H31IN4. The van der Waals surface area contributed by atoms with Gasteiger partial charge in [0.05, 0.1) is 0 Å². The summed E-state index contributed by atoms with van der Waals surface area (Å²) in [5.41, 5.74) is 1.26. The number of benzene rings is 1. The molecule has 0 heterocycles. The van der Waals surface area contributed by atoms with Gasteiger partial charge in [0.15, 0.2) is 5.96 Å². The number of guanidine groups is 1. The molecule has 1 unspecified atom stereocenters. The topological polar surface area (TPSA) is 48.5 Å². The maximum absolute atomic E-state index is 4.33. The fraction of sp³-hybridized carbons (Fsp3) is 0.526. The van der Waals surface area contributed by atoms with E-state index in [2.05, 4.69) is 84.2 Å². The van der Waals surface area contributed by atoms with E-state index in [0.29, 0.717) is 12.1 Å². The summed E-state index contributed by atoms with van der Waals surface area (Å²) in [6.07, 6.45) is 6.59. The lowest BCUT2D eigenvalue weighted by Crippen LogP contribution is -2.53. The number of nitrogens with zero attached hydrogens (tertiary/aromatic N) is 1. The molecule has 4 nitrogen and oxygen atoms in total. The SMILES string of the molecule is CN=C(NCC(C)(C)NC(C)c1ccccc1)NC1CC=CC1.I. The fourth-order valence-corrected chi connectivity index (χ4v) is 2.89. The lowest BCUT2D eigenvalue weighted by atomic mass is 10.0. The van der Waals surface area contributed by atoms with Crippen LogP contribution in [0.25, 0.3) is 0 Å². The molecule has 0 amide bonds. The first-order valence-corrected chi connectivity index (χ1v) is 8.45. The highest BCUT2D eigenvalue weighted by Crippen LogP contribution is 2.15. The predicted molar refractivity (Wildman–Crippen MR) is 114 cm³/mol. The first-order valence-electron chi connectivity index (χ1n) is 8.45. The molecule has 0 spiro atoms. The van der Waals surface area contributed by atoms with Gasteiger partial charge in [-0.3, -0.25) is 4.99 Å². The highest BCUT2D eigenvalue weighted by molar-refractivity contribution is 14.0. The molecule has 1 atom stereocenters. The Morgan fingerprint density at radius 1 is 1.21 bits per heavy atom. The zero-order chi connectivity index (χ0) is 16.7. The summed E-state index contributed by atoms with van der Waals surface area (Å²) in [6.45, 7) is 7.44. The highest BCUT2D eigenvalue weighted by Gasteiger charge is 2.21. The average molecular weight is 442 g/mol. The van der Waals surface area contributed by atoms with Crippen LogP contribution in [0.1, 0.15) is 45.2 Å². The summed E-state index contributed by atoms with van der Waals surface area (Å²) in [7, 11) is 1.82. The van der Waals surface area contributed by atoms with E-state index in [1.807, 2.05) is 7.05 Å². The van der Waals surface area contributed by atoms with Gasteiger partial charge in [0.2, 0.25) is 0 Å². The van der Waals surface area contributed by atoms with Gasteiger partial charge in [0.1, 0.15) is 0 Å². The van der Waals surface area contributed by atoms with E-state index in [1.165, 1.54) is 5.56 Å². The summed E-state index contributed by atoms with van der Waals surface area (Å²) in [4.78, 5) is 4.33. The molecular weight excluding hydrogens is 411 g/mol. The number of halogens is 1. The van der Waals surface area contributed by atoms with Gasteiger partial charge in [-0.2, -0.15) is 0 Å². The molecule has 0 bridgehead atoms. The Hall–Kier alpha value is -1.08. The van der Waals surface area contributed by atoms with Crippen LogP contribution in [0.4, 0.5) is 0 Å². The second-order valence-electron chi connectivity index (χ2n) is 6.87. The van der Waals surface area contributed by atoms with Crippen molar-refractivity contribution in [2.75, 3.05) is 13.6 Å². The average Bonchev–Trinajstić information content (AvgIpc) is 3.05. The Balaban J connectivity index is 0.00000288. The first kappa shape index (κ1) is 21.0. The molecule has 1 aromatic rings. The van der Waals surface area contributed by atoms with Crippen LogP contribution in [-0.2, 0) is 0 Å². The molecule has 1 aliphatic rings. The van der Waals surface area contributed by atoms with Crippen LogP contribution in [0.3, 0.4) is 0 Å². The Kier molecular flexibility index (Phi) is 8.76. The molecule has 0 fully saturated rings. The van der Waals surface area contributed by atoms with Crippen LogP contribution in [-0.4, -0.2) is 31.1 Å². The summed E-state index contributed by atoms with van der Waals surface area (Å²) in [6, 6.07) is 11.3. The third kappa shape index (κ3) is 6.81. The lowest BCUT2D eigenvalue weighted by molar-refractivity contribution is 0.344. The van der Waals surface area contributed by atoms with Crippen LogP contribution in [0.15, 0.2) is 47.5 Å². The molecule has 1 aromatic carbocycles. The summed E-state index contributed by atoms with van der Waals surface area (Å²) in [5, 5.41) is 10.6. The van der Waals surface area contributed by atoms with E-state index in [0.717, 1.165) is 25.3 Å². The zero-order valence-electron chi connectivity index (χ0n) is 15.2. The van der Waals surface area contributed by atoms with Crippen molar-refractivity contribution in [2.45, 2.75) is 51.2 Å². The lowest BCUT2D eigenvalue weighted by Gasteiger charge is -2.31. The molecule has 24 heavy (non-hydrogen) atoms. The molecule has 0 aliphatic heterocycles. The molecule has 2 rings (SSSR count). The van der Waals surface area contributed by atoms with E-state index in [9.17, 15) is 0 Å². The van der Waals surface area contributed by atoms with Crippen LogP contribution in [0.2, 0.25) is 0 Å². The largest absolute Gasteiger partial charge is 0.355 e. The molecule has 5 heteroatoms. The van der Waals surface area contributed by atoms with Gasteiger partial charge in [0, 0.05) is 31.2 Å². The first-order chi connectivity index (χ1) is 11.0. The minimum atomic E-state index is -0.0409. The van der Waals surface area contributed by atoms with Gasteiger partial charge in [-0.1, -0.05) is 42.5 Å². The van der Waals surface area contributed by atoms with Crippen molar-refractivity contribution in [1.82, 2.24) is 16.0 Å². The maximum Gasteiger partial charge on any atom is 0.191 e. The predicted octanol–water partition coefficient (Wildman–Crippen LogP) is 3.62. The molecule has 0 saturated carbocycles. The number of rotatable bonds is 6. The number of hydrogen-bond donors (Lipinski definition) is 3. The number of aliphatic imine (C=N–C) groups is 1. The highest BCUT2D eigenvalue weighted by atomic mass is 127. The molecule has 134 valence electrons. The Morgan fingerprint density at radius 3 is 2.42 bits per heavy atom. The third-order valence-corrected chi connectivity index (χ3v) is 4.18. The van der Waals surface area contributed by atoms with Crippen molar-refractivity contribution in [1.29, 1.82) is 0 Å². The minimum Gasteiger partial charge on any atom is -0.355 e. The van der Waals surface area contributed by atoms with Crippen molar-refractivity contribution in [2.24, 2.45) is 4.99 Å². The van der Waals surface area contributed by atoms with Crippen LogP contribution in [0, 0.1) is 0 Å². The fourth-order valence-electron chi connectivity index (χ4n) is 2.89. The quantitative estimate of drug-likeness (QED) is 0.273. The van der Waals surface area contributed by atoms with Crippen molar-refractivity contribution >= 4 is 29.9 Å². The third-order valence-electron chi connectivity index (χ3n) is 4.18. The van der Waals surface area contributed by atoms with Crippen LogP contribution >= 0.6 is 24.0 Å². The van der Waals surface area contributed by atoms with E-state index in [-0.39, 0.29) is 29.5 Å². The monoisotopic (exact) mass is 442 g/mol. The van der Waals surface area contributed by atoms with E-state index >= 15 is 0 Å². The van der Waals surface area contributed by atoms with Gasteiger partial charge >= 0.3 is 0 Å². The molecule has 0 aromatic heterocycles. The summed E-state index contributed by atoms with van der Waals surface area (Å²) >= 11 is 0. The summed E-state index contributed by atoms with van der Waals surface area (Å²) < 4.78 is 0. The molecule has 1 aliphatic carbocycles. The smallest absolute Gasteiger partial charge is 0.191 e.